The van der Waals surface area contributed by atoms with Gasteiger partial charge in [-0.25, -0.2) is 0 Å². The van der Waals surface area contributed by atoms with E-state index in [1.165, 1.54) is 0 Å². The molecule has 3 aromatic rings. The van der Waals surface area contributed by atoms with Gasteiger partial charge in [0.1, 0.15) is 0 Å². The van der Waals surface area contributed by atoms with E-state index in [2.05, 4.69) is 20.9 Å². The van der Waals surface area contributed by atoms with Crippen LogP contribution >= 0.6 is 15.9 Å². The molecule has 1 heterocycles. The van der Waals surface area contributed by atoms with Crippen LogP contribution in [0.2, 0.25) is 0 Å². The minimum absolute atomic E-state index is 0.0352. The fourth-order valence-electron chi connectivity index (χ4n) is 2.34. The van der Waals surface area contributed by atoms with E-state index in [0.29, 0.717) is 5.56 Å². The number of hydrogen-bond acceptors (Lipinski definition) is 1. The lowest BCUT2D eigenvalue weighted by atomic mass is 10.0. The predicted molar refractivity (Wildman–Crippen MR) is 80.6 cm³/mol. The fourth-order valence-corrected chi connectivity index (χ4v) is 2.80. The van der Waals surface area contributed by atoms with Gasteiger partial charge < -0.3 is 4.98 Å². The summed E-state index contributed by atoms with van der Waals surface area (Å²) in [6.07, 6.45) is 1.79. The Labute approximate surface area is 119 Å². The minimum Gasteiger partial charge on any atom is -0.360 e. The number of hydrogen-bond donors (Lipinski definition) is 1. The summed E-state index contributed by atoms with van der Waals surface area (Å²) in [5, 5.41) is 1.00. The van der Waals surface area contributed by atoms with Crippen molar-refractivity contribution in [3.05, 3.63) is 69.8 Å². The minimum atomic E-state index is 0.0352. The first kappa shape index (κ1) is 12.2. The Morgan fingerprint density at radius 1 is 1.05 bits per heavy atom. The second-order valence-electron chi connectivity index (χ2n) is 4.51. The SMILES string of the molecule is Cc1cccc2[nH]cc(C(=O)c3ccccc3Br)c12. The number of aryl methyl sites for hydroxylation is 1. The molecule has 0 atom stereocenters. The third-order valence-corrected chi connectivity index (χ3v) is 3.97. The van der Waals surface area contributed by atoms with Gasteiger partial charge in [-0.15, -0.1) is 0 Å². The molecule has 0 spiro atoms. The lowest BCUT2D eigenvalue weighted by Gasteiger charge is -2.04. The monoisotopic (exact) mass is 313 g/mol. The summed E-state index contributed by atoms with van der Waals surface area (Å²) in [5.74, 6) is 0.0352. The van der Waals surface area contributed by atoms with Gasteiger partial charge in [0.25, 0.3) is 0 Å². The standard InChI is InChI=1S/C16H12BrNO/c1-10-5-4-8-14-15(10)12(9-18-14)16(19)11-6-2-3-7-13(11)17/h2-9,18H,1H3. The van der Waals surface area contributed by atoms with Crippen LogP contribution in [0.3, 0.4) is 0 Å². The first-order valence-electron chi connectivity index (χ1n) is 6.04. The molecule has 0 aliphatic heterocycles. The molecule has 2 aromatic carbocycles. The number of aromatic amines is 1. The number of H-pyrrole nitrogens is 1. The molecule has 19 heavy (non-hydrogen) atoms. The van der Waals surface area contributed by atoms with Crippen molar-refractivity contribution in [2.24, 2.45) is 0 Å². The van der Waals surface area contributed by atoms with Crippen molar-refractivity contribution in [1.82, 2.24) is 4.98 Å². The average molecular weight is 314 g/mol. The number of halogens is 1. The highest BCUT2D eigenvalue weighted by Gasteiger charge is 2.17. The van der Waals surface area contributed by atoms with Crippen molar-refractivity contribution in [2.75, 3.05) is 0 Å². The van der Waals surface area contributed by atoms with Gasteiger partial charge in [-0.1, -0.05) is 40.2 Å². The van der Waals surface area contributed by atoms with E-state index in [1.54, 1.807) is 6.20 Å². The van der Waals surface area contributed by atoms with Crippen molar-refractivity contribution in [3.63, 3.8) is 0 Å². The normalized spacial score (nSPS) is 10.8. The van der Waals surface area contributed by atoms with E-state index in [1.807, 2.05) is 49.4 Å². The molecule has 0 saturated heterocycles. The topological polar surface area (TPSA) is 32.9 Å². The summed E-state index contributed by atoms with van der Waals surface area (Å²) in [6, 6.07) is 13.5. The highest BCUT2D eigenvalue weighted by atomic mass is 79.9. The van der Waals surface area contributed by atoms with Crippen LogP contribution in [0.15, 0.2) is 53.1 Å². The summed E-state index contributed by atoms with van der Waals surface area (Å²) in [4.78, 5) is 15.8. The number of carbonyl (C=O) groups is 1. The van der Waals surface area contributed by atoms with Gasteiger partial charge in [-0.3, -0.25) is 4.79 Å². The lowest BCUT2D eigenvalue weighted by molar-refractivity contribution is 0.103. The van der Waals surface area contributed by atoms with Crippen LogP contribution in [0.1, 0.15) is 21.5 Å². The van der Waals surface area contributed by atoms with Gasteiger partial charge in [0.2, 0.25) is 0 Å². The molecule has 0 aliphatic carbocycles. The van der Waals surface area contributed by atoms with Crippen LogP contribution in [0.5, 0.6) is 0 Å². The highest BCUT2D eigenvalue weighted by molar-refractivity contribution is 9.10. The molecule has 1 N–H and O–H groups in total. The van der Waals surface area contributed by atoms with Gasteiger partial charge in [-0.05, 0) is 30.7 Å². The number of ketones is 1. The molecule has 3 heteroatoms. The number of rotatable bonds is 2. The van der Waals surface area contributed by atoms with E-state index in [9.17, 15) is 4.79 Å². The zero-order valence-electron chi connectivity index (χ0n) is 10.4. The van der Waals surface area contributed by atoms with Gasteiger partial charge in [0.15, 0.2) is 5.78 Å². The Bertz CT molecular complexity index is 773. The molecule has 0 saturated carbocycles. The second kappa shape index (κ2) is 4.67. The molecule has 1 aromatic heterocycles. The number of carbonyl (C=O) groups excluding carboxylic acids is 1. The van der Waals surface area contributed by atoms with Crippen molar-refractivity contribution < 1.29 is 4.79 Å². The first-order chi connectivity index (χ1) is 9.18. The number of nitrogens with one attached hydrogen (secondary N) is 1. The van der Waals surface area contributed by atoms with Crippen LogP contribution in [0.4, 0.5) is 0 Å². The van der Waals surface area contributed by atoms with Gasteiger partial charge in [-0.2, -0.15) is 0 Å². The number of aromatic nitrogens is 1. The predicted octanol–water partition coefficient (Wildman–Crippen LogP) is 4.47. The maximum atomic E-state index is 12.6. The van der Waals surface area contributed by atoms with Crippen molar-refractivity contribution in [2.45, 2.75) is 6.92 Å². The van der Waals surface area contributed by atoms with E-state index in [4.69, 9.17) is 0 Å². The summed E-state index contributed by atoms with van der Waals surface area (Å²) in [7, 11) is 0. The third kappa shape index (κ3) is 2.00. The molecule has 0 bridgehead atoms. The number of benzene rings is 2. The first-order valence-corrected chi connectivity index (χ1v) is 6.83. The molecule has 0 unspecified atom stereocenters. The summed E-state index contributed by atoms with van der Waals surface area (Å²) in [5.41, 5.74) is 3.51. The Kier molecular flexibility index (Phi) is 2.99. The van der Waals surface area contributed by atoms with E-state index < -0.39 is 0 Å². The average Bonchev–Trinajstić information content (AvgIpc) is 2.84. The van der Waals surface area contributed by atoms with Gasteiger partial charge in [0, 0.05) is 32.7 Å². The van der Waals surface area contributed by atoms with Crippen molar-refractivity contribution >= 4 is 32.6 Å². The molecule has 0 radical (unpaired) electrons. The molecule has 0 aliphatic rings. The summed E-state index contributed by atoms with van der Waals surface area (Å²) >= 11 is 3.43. The zero-order chi connectivity index (χ0) is 13.4. The Hall–Kier alpha value is -1.87. The Morgan fingerprint density at radius 2 is 1.84 bits per heavy atom. The van der Waals surface area contributed by atoms with Crippen LogP contribution < -0.4 is 0 Å². The van der Waals surface area contributed by atoms with Gasteiger partial charge in [0.05, 0.1) is 0 Å². The number of fused-ring (bicyclic) bond motifs is 1. The smallest absolute Gasteiger partial charge is 0.196 e. The molecule has 0 fully saturated rings. The van der Waals surface area contributed by atoms with Crippen molar-refractivity contribution in [3.8, 4) is 0 Å². The summed E-state index contributed by atoms with van der Waals surface area (Å²) in [6.45, 7) is 2.02. The fraction of sp³-hybridized carbons (Fsp3) is 0.0625. The molecule has 3 rings (SSSR count). The third-order valence-electron chi connectivity index (χ3n) is 3.28. The molecular formula is C16H12BrNO. The Morgan fingerprint density at radius 3 is 2.63 bits per heavy atom. The van der Waals surface area contributed by atoms with E-state index >= 15 is 0 Å². The maximum absolute atomic E-state index is 12.6. The van der Waals surface area contributed by atoms with Crippen LogP contribution in [0, 0.1) is 6.92 Å². The molecular weight excluding hydrogens is 302 g/mol. The maximum Gasteiger partial charge on any atom is 0.196 e. The largest absolute Gasteiger partial charge is 0.360 e. The quantitative estimate of drug-likeness (QED) is 0.696. The van der Waals surface area contributed by atoms with Gasteiger partial charge >= 0.3 is 0 Å². The highest BCUT2D eigenvalue weighted by Crippen LogP contribution is 2.26. The summed E-state index contributed by atoms with van der Waals surface area (Å²) < 4.78 is 0.822. The second-order valence-corrected chi connectivity index (χ2v) is 5.36. The zero-order valence-corrected chi connectivity index (χ0v) is 12.0. The molecule has 0 amide bonds. The molecule has 2 nitrogen and oxygen atoms in total. The van der Waals surface area contributed by atoms with Crippen LogP contribution in [-0.4, -0.2) is 10.8 Å². The Balaban J connectivity index is 2.21. The van der Waals surface area contributed by atoms with E-state index in [0.717, 1.165) is 26.5 Å². The van der Waals surface area contributed by atoms with E-state index in [-0.39, 0.29) is 5.78 Å². The lowest BCUT2D eigenvalue weighted by Crippen LogP contribution is -2.01. The van der Waals surface area contributed by atoms with Crippen molar-refractivity contribution in [1.29, 1.82) is 0 Å². The molecule has 94 valence electrons. The van der Waals surface area contributed by atoms with Crippen LogP contribution in [0.25, 0.3) is 10.9 Å². The van der Waals surface area contributed by atoms with Crippen LogP contribution in [-0.2, 0) is 0 Å².